The minimum Gasteiger partial charge on any atom is -0.327 e. The van der Waals surface area contributed by atoms with Gasteiger partial charge in [-0.1, -0.05) is 66.7 Å². The third kappa shape index (κ3) is 1.96. The van der Waals surface area contributed by atoms with Gasteiger partial charge in [0.2, 0.25) is 0 Å². The quantitative estimate of drug-likeness (QED) is 0.335. The lowest BCUT2D eigenvalue weighted by Crippen LogP contribution is -1.97. The van der Waals surface area contributed by atoms with Gasteiger partial charge < -0.3 is 4.57 Å². The van der Waals surface area contributed by atoms with Crippen molar-refractivity contribution in [1.82, 2.24) is 9.55 Å². The van der Waals surface area contributed by atoms with Crippen LogP contribution in [0.15, 0.2) is 66.7 Å². The van der Waals surface area contributed by atoms with Crippen molar-refractivity contribution in [2.75, 3.05) is 0 Å². The molecular weight excluding hydrogens is 316 g/mol. The number of hydrogen-bond donors (Lipinski definition) is 0. The molecule has 0 saturated heterocycles. The van der Waals surface area contributed by atoms with E-state index < -0.39 is 0 Å². The van der Waals surface area contributed by atoms with Crippen LogP contribution in [0.5, 0.6) is 0 Å². The first-order chi connectivity index (χ1) is 12.7. The SMILES string of the molecule is Cc1cccc(C)c1-c1nc2c3ccccc3c3ccccc3c2n1C. The van der Waals surface area contributed by atoms with Gasteiger partial charge in [-0.15, -0.1) is 0 Å². The zero-order valence-corrected chi connectivity index (χ0v) is 15.2. The highest BCUT2D eigenvalue weighted by molar-refractivity contribution is 6.23. The lowest BCUT2D eigenvalue weighted by atomic mass is 10.00. The molecule has 0 aliphatic rings. The molecule has 0 unspecified atom stereocenters. The van der Waals surface area contributed by atoms with Crippen LogP contribution in [0.4, 0.5) is 0 Å². The van der Waals surface area contributed by atoms with Gasteiger partial charge in [-0.2, -0.15) is 0 Å². The van der Waals surface area contributed by atoms with E-state index in [-0.39, 0.29) is 0 Å². The van der Waals surface area contributed by atoms with Crippen LogP contribution in [0, 0.1) is 13.8 Å². The summed E-state index contributed by atoms with van der Waals surface area (Å²) in [4.78, 5) is 5.15. The lowest BCUT2D eigenvalue weighted by molar-refractivity contribution is 0.958. The van der Waals surface area contributed by atoms with Crippen LogP contribution in [0.1, 0.15) is 11.1 Å². The summed E-state index contributed by atoms with van der Waals surface area (Å²) >= 11 is 0. The van der Waals surface area contributed by atoms with Gasteiger partial charge in [0.25, 0.3) is 0 Å². The predicted octanol–water partition coefficient (Wildman–Crippen LogP) is 6.16. The van der Waals surface area contributed by atoms with Crippen LogP contribution in [-0.2, 0) is 7.05 Å². The molecule has 0 saturated carbocycles. The number of aryl methyl sites for hydroxylation is 3. The summed E-state index contributed by atoms with van der Waals surface area (Å²) in [5.41, 5.74) is 6.05. The van der Waals surface area contributed by atoms with Gasteiger partial charge in [-0.25, -0.2) is 4.98 Å². The monoisotopic (exact) mass is 336 g/mol. The summed E-state index contributed by atoms with van der Waals surface area (Å²) in [6.07, 6.45) is 0. The highest BCUT2D eigenvalue weighted by Crippen LogP contribution is 2.37. The van der Waals surface area contributed by atoms with Crippen LogP contribution in [-0.4, -0.2) is 9.55 Å². The summed E-state index contributed by atoms with van der Waals surface area (Å²) in [5.74, 6) is 1.04. The molecule has 0 amide bonds. The van der Waals surface area contributed by atoms with Crippen molar-refractivity contribution in [3.63, 3.8) is 0 Å². The standard InChI is InChI=1S/C24H20N2/c1-15-9-8-10-16(2)21(15)24-25-22-19-13-6-4-11-17(19)18-12-5-7-14-20(18)23(22)26(24)3/h4-14H,1-3H3. The number of hydrogen-bond acceptors (Lipinski definition) is 1. The number of rotatable bonds is 1. The number of imidazole rings is 1. The van der Waals surface area contributed by atoms with E-state index in [2.05, 4.69) is 92.2 Å². The van der Waals surface area contributed by atoms with Gasteiger partial charge >= 0.3 is 0 Å². The molecule has 126 valence electrons. The minimum atomic E-state index is 1.04. The van der Waals surface area contributed by atoms with Crippen molar-refractivity contribution in [1.29, 1.82) is 0 Å². The molecule has 0 aliphatic heterocycles. The zero-order valence-electron chi connectivity index (χ0n) is 15.2. The molecule has 0 bridgehead atoms. The van der Waals surface area contributed by atoms with Gasteiger partial charge in [0.1, 0.15) is 5.82 Å². The van der Waals surface area contributed by atoms with Crippen LogP contribution >= 0.6 is 0 Å². The molecule has 0 spiro atoms. The molecule has 0 radical (unpaired) electrons. The van der Waals surface area contributed by atoms with Crippen molar-refractivity contribution in [2.24, 2.45) is 7.05 Å². The van der Waals surface area contributed by atoms with Crippen molar-refractivity contribution in [3.8, 4) is 11.4 Å². The summed E-state index contributed by atoms with van der Waals surface area (Å²) in [6, 6.07) is 23.7. The molecule has 1 heterocycles. The molecule has 0 fully saturated rings. The van der Waals surface area contributed by atoms with Crippen molar-refractivity contribution in [2.45, 2.75) is 13.8 Å². The molecule has 1 aromatic heterocycles. The molecule has 2 nitrogen and oxygen atoms in total. The van der Waals surface area contributed by atoms with E-state index in [1.807, 2.05) is 0 Å². The second-order valence-electron chi connectivity index (χ2n) is 7.05. The Morgan fingerprint density at radius 3 is 1.85 bits per heavy atom. The van der Waals surface area contributed by atoms with E-state index >= 15 is 0 Å². The fourth-order valence-corrected chi connectivity index (χ4v) is 4.23. The van der Waals surface area contributed by atoms with E-state index in [1.54, 1.807) is 0 Å². The van der Waals surface area contributed by atoms with Crippen molar-refractivity contribution in [3.05, 3.63) is 77.9 Å². The molecule has 0 atom stereocenters. The third-order valence-corrected chi connectivity index (χ3v) is 5.45. The van der Waals surface area contributed by atoms with Gasteiger partial charge in [0.05, 0.1) is 11.0 Å². The average molecular weight is 336 g/mol. The molecule has 0 aliphatic carbocycles. The Balaban J connectivity index is 2.04. The fraction of sp³-hybridized carbons (Fsp3) is 0.125. The van der Waals surface area contributed by atoms with Crippen molar-refractivity contribution < 1.29 is 0 Å². The number of benzene rings is 4. The molecule has 5 rings (SSSR count). The maximum atomic E-state index is 5.15. The number of nitrogens with zero attached hydrogens (tertiary/aromatic N) is 2. The van der Waals surface area contributed by atoms with Crippen LogP contribution in [0.3, 0.4) is 0 Å². The van der Waals surface area contributed by atoms with Crippen molar-refractivity contribution >= 4 is 32.6 Å². The normalized spacial score (nSPS) is 11.7. The first-order valence-corrected chi connectivity index (χ1v) is 8.99. The Morgan fingerprint density at radius 2 is 1.19 bits per heavy atom. The maximum Gasteiger partial charge on any atom is 0.141 e. The second-order valence-corrected chi connectivity index (χ2v) is 7.05. The second kappa shape index (κ2) is 5.43. The molecular formula is C24H20N2. The number of aromatic nitrogens is 2. The topological polar surface area (TPSA) is 17.8 Å². The van der Waals surface area contributed by atoms with E-state index in [4.69, 9.17) is 4.98 Å². The molecule has 5 aromatic rings. The summed E-state index contributed by atoms with van der Waals surface area (Å²) in [6.45, 7) is 4.33. The predicted molar refractivity (Wildman–Crippen MR) is 111 cm³/mol. The highest BCUT2D eigenvalue weighted by atomic mass is 15.1. The largest absolute Gasteiger partial charge is 0.327 e. The maximum absolute atomic E-state index is 5.15. The molecule has 2 heteroatoms. The van der Waals surface area contributed by atoms with E-state index in [1.165, 1.54) is 43.8 Å². The van der Waals surface area contributed by atoms with Crippen LogP contribution in [0.25, 0.3) is 44.0 Å². The first-order valence-electron chi connectivity index (χ1n) is 8.99. The highest BCUT2D eigenvalue weighted by Gasteiger charge is 2.18. The third-order valence-electron chi connectivity index (χ3n) is 5.45. The Labute approximate surface area is 152 Å². The van der Waals surface area contributed by atoms with Gasteiger partial charge in [0.15, 0.2) is 0 Å². The van der Waals surface area contributed by atoms with Crippen LogP contribution in [0.2, 0.25) is 0 Å². The van der Waals surface area contributed by atoms with E-state index in [0.29, 0.717) is 0 Å². The van der Waals surface area contributed by atoms with E-state index in [9.17, 15) is 0 Å². The summed E-state index contributed by atoms with van der Waals surface area (Å²) < 4.78 is 2.26. The van der Waals surface area contributed by atoms with Crippen LogP contribution < -0.4 is 0 Å². The van der Waals surface area contributed by atoms with Gasteiger partial charge in [0, 0.05) is 23.4 Å². The first kappa shape index (κ1) is 15.2. The Morgan fingerprint density at radius 1 is 0.654 bits per heavy atom. The zero-order chi connectivity index (χ0) is 17.8. The Hall–Kier alpha value is -3.13. The lowest BCUT2D eigenvalue weighted by Gasteiger charge is -2.10. The fourth-order valence-electron chi connectivity index (χ4n) is 4.23. The Kier molecular flexibility index (Phi) is 3.17. The average Bonchev–Trinajstić information content (AvgIpc) is 3.00. The smallest absolute Gasteiger partial charge is 0.141 e. The van der Waals surface area contributed by atoms with Gasteiger partial charge in [-0.05, 0) is 35.7 Å². The summed E-state index contributed by atoms with van der Waals surface area (Å²) in [5, 5.41) is 5.02. The summed E-state index contributed by atoms with van der Waals surface area (Å²) in [7, 11) is 2.14. The minimum absolute atomic E-state index is 1.04. The molecule has 26 heavy (non-hydrogen) atoms. The van der Waals surface area contributed by atoms with Gasteiger partial charge in [-0.3, -0.25) is 0 Å². The molecule has 0 N–H and O–H groups in total. The number of fused-ring (bicyclic) bond motifs is 6. The molecule has 4 aromatic carbocycles. The Bertz CT molecular complexity index is 1290. The van der Waals surface area contributed by atoms with E-state index in [0.717, 1.165) is 11.3 Å².